The van der Waals surface area contributed by atoms with E-state index >= 15 is 0 Å². The molecule has 3 heteroatoms. The van der Waals surface area contributed by atoms with E-state index in [9.17, 15) is 0 Å². The molecule has 0 amide bonds. The maximum Gasteiger partial charge on any atom is 0.141 e. The van der Waals surface area contributed by atoms with Crippen LogP contribution in [0.25, 0.3) is 22.4 Å². The van der Waals surface area contributed by atoms with Gasteiger partial charge in [-0.15, -0.1) is 0 Å². The van der Waals surface area contributed by atoms with E-state index in [4.69, 9.17) is 4.98 Å². The maximum absolute atomic E-state index is 4.73. The molecule has 1 aliphatic heterocycles. The zero-order valence-corrected chi connectivity index (χ0v) is 10.6. The van der Waals surface area contributed by atoms with Crippen LogP contribution in [0.2, 0.25) is 0 Å². The van der Waals surface area contributed by atoms with E-state index in [0.29, 0.717) is 0 Å². The Morgan fingerprint density at radius 1 is 1.12 bits per heavy atom. The molecule has 0 saturated carbocycles. The zero-order valence-electron chi connectivity index (χ0n) is 9.02. The molecule has 3 aromatic rings. The molecule has 0 bridgehead atoms. The van der Waals surface area contributed by atoms with E-state index in [0.717, 1.165) is 22.4 Å². The number of rotatable bonds is 0. The van der Waals surface area contributed by atoms with E-state index in [2.05, 4.69) is 63.0 Å². The van der Waals surface area contributed by atoms with E-state index in [1.807, 2.05) is 0 Å². The molecule has 82 valence electrons. The van der Waals surface area contributed by atoms with Gasteiger partial charge in [0.25, 0.3) is 0 Å². The van der Waals surface area contributed by atoms with Crippen LogP contribution in [-0.4, -0.2) is 9.55 Å². The Balaban J connectivity index is 2.08. The molecule has 0 atom stereocenters. The third-order valence-electron chi connectivity index (χ3n) is 3.30. The lowest BCUT2D eigenvalue weighted by atomic mass is 10.1. The van der Waals surface area contributed by atoms with Crippen molar-refractivity contribution in [2.45, 2.75) is 6.54 Å². The van der Waals surface area contributed by atoms with Crippen molar-refractivity contribution in [3.05, 3.63) is 52.5 Å². The van der Waals surface area contributed by atoms with Crippen molar-refractivity contribution in [1.29, 1.82) is 0 Å². The molecule has 0 fully saturated rings. The number of imidazole rings is 1. The molecular weight excluding hydrogens is 276 g/mol. The third-order valence-corrected chi connectivity index (χ3v) is 3.79. The molecule has 1 aliphatic rings. The largest absolute Gasteiger partial charge is 0.319 e. The Bertz CT molecular complexity index is 743. The molecule has 4 rings (SSSR count). The molecule has 0 radical (unpaired) electrons. The van der Waals surface area contributed by atoms with Crippen molar-refractivity contribution in [3.63, 3.8) is 0 Å². The molecule has 2 nitrogen and oxygen atoms in total. The summed E-state index contributed by atoms with van der Waals surface area (Å²) in [7, 11) is 0. The van der Waals surface area contributed by atoms with Gasteiger partial charge < -0.3 is 4.57 Å². The second kappa shape index (κ2) is 3.20. The van der Waals surface area contributed by atoms with Crippen molar-refractivity contribution in [1.82, 2.24) is 9.55 Å². The van der Waals surface area contributed by atoms with Crippen molar-refractivity contribution in [2.75, 3.05) is 0 Å². The van der Waals surface area contributed by atoms with Gasteiger partial charge in [0.1, 0.15) is 5.82 Å². The predicted molar refractivity (Wildman–Crippen MR) is 72.0 cm³/mol. The topological polar surface area (TPSA) is 17.8 Å². The van der Waals surface area contributed by atoms with E-state index in [1.165, 1.54) is 16.6 Å². The minimum absolute atomic E-state index is 0.934. The van der Waals surface area contributed by atoms with Crippen LogP contribution in [0.5, 0.6) is 0 Å². The molecule has 0 aliphatic carbocycles. The summed E-state index contributed by atoms with van der Waals surface area (Å²) >= 11 is 3.49. The number of halogens is 1. The third kappa shape index (κ3) is 1.23. The molecule has 0 saturated heterocycles. The van der Waals surface area contributed by atoms with Gasteiger partial charge in [0, 0.05) is 10.0 Å². The van der Waals surface area contributed by atoms with Crippen molar-refractivity contribution >= 4 is 27.0 Å². The Labute approximate surface area is 107 Å². The summed E-state index contributed by atoms with van der Waals surface area (Å²) in [4.78, 5) is 4.73. The Kier molecular flexibility index (Phi) is 1.77. The van der Waals surface area contributed by atoms with Gasteiger partial charge in [0.2, 0.25) is 0 Å². The van der Waals surface area contributed by atoms with Crippen LogP contribution in [0.15, 0.2) is 46.9 Å². The van der Waals surface area contributed by atoms with Gasteiger partial charge in [-0.1, -0.05) is 40.2 Å². The highest BCUT2D eigenvalue weighted by atomic mass is 79.9. The van der Waals surface area contributed by atoms with Crippen molar-refractivity contribution in [2.24, 2.45) is 0 Å². The average Bonchev–Trinajstić information content (AvgIpc) is 2.84. The summed E-state index contributed by atoms with van der Waals surface area (Å²) in [5.74, 6) is 1.09. The number of benzene rings is 2. The molecule has 0 N–H and O–H groups in total. The number of nitrogens with zero attached hydrogens (tertiary/aromatic N) is 2. The van der Waals surface area contributed by atoms with Gasteiger partial charge in [-0.3, -0.25) is 0 Å². The summed E-state index contributed by atoms with van der Waals surface area (Å²) in [5, 5.41) is 0. The first kappa shape index (κ1) is 9.42. The van der Waals surface area contributed by atoms with E-state index < -0.39 is 0 Å². The fourth-order valence-electron chi connectivity index (χ4n) is 2.52. The van der Waals surface area contributed by atoms with Gasteiger partial charge in [-0.2, -0.15) is 0 Å². The molecule has 17 heavy (non-hydrogen) atoms. The normalized spacial score (nSPS) is 12.8. The van der Waals surface area contributed by atoms with Crippen LogP contribution in [0, 0.1) is 0 Å². The van der Waals surface area contributed by atoms with Crippen LogP contribution in [-0.2, 0) is 6.54 Å². The number of hydrogen-bond acceptors (Lipinski definition) is 1. The summed E-state index contributed by atoms with van der Waals surface area (Å²) in [6, 6.07) is 14.8. The molecule has 2 aromatic carbocycles. The van der Waals surface area contributed by atoms with Crippen LogP contribution >= 0.6 is 15.9 Å². The molecule has 1 aromatic heterocycles. The van der Waals surface area contributed by atoms with Crippen LogP contribution in [0.4, 0.5) is 0 Å². The van der Waals surface area contributed by atoms with Gasteiger partial charge in [0.15, 0.2) is 0 Å². The Hall–Kier alpha value is -1.61. The lowest BCUT2D eigenvalue weighted by Gasteiger charge is -1.98. The summed E-state index contributed by atoms with van der Waals surface area (Å²) in [6.45, 7) is 0.934. The molecule has 0 unspecified atom stereocenters. The van der Waals surface area contributed by atoms with Gasteiger partial charge >= 0.3 is 0 Å². The van der Waals surface area contributed by atoms with Crippen LogP contribution < -0.4 is 0 Å². The zero-order chi connectivity index (χ0) is 11.4. The van der Waals surface area contributed by atoms with E-state index in [1.54, 1.807) is 0 Å². The highest BCUT2D eigenvalue weighted by Gasteiger charge is 2.21. The standard InChI is InChI=1S/C14H9BrN2/c15-10-5-6-13-12(7-10)16-14-11-4-2-1-3-9(11)8-17(13)14/h1-7H,8H2. The minimum atomic E-state index is 0.934. The molecule has 2 heterocycles. The fraction of sp³-hybridized carbons (Fsp3) is 0.0714. The maximum atomic E-state index is 4.73. The highest BCUT2D eigenvalue weighted by molar-refractivity contribution is 9.10. The quantitative estimate of drug-likeness (QED) is 0.480. The second-order valence-electron chi connectivity index (χ2n) is 4.31. The first-order valence-corrected chi connectivity index (χ1v) is 6.36. The van der Waals surface area contributed by atoms with Gasteiger partial charge in [0.05, 0.1) is 17.6 Å². The first-order chi connectivity index (χ1) is 8.33. The lowest BCUT2D eigenvalue weighted by molar-refractivity contribution is 0.879. The fourth-order valence-corrected chi connectivity index (χ4v) is 2.86. The van der Waals surface area contributed by atoms with Gasteiger partial charge in [-0.25, -0.2) is 4.98 Å². The summed E-state index contributed by atoms with van der Waals surface area (Å²) in [5.41, 5.74) is 4.89. The molecular formula is C14H9BrN2. The van der Waals surface area contributed by atoms with Crippen LogP contribution in [0.3, 0.4) is 0 Å². The summed E-state index contributed by atoms with van der Waals surface area (Å²) in [6.07, 6.45) is 0. The first-order valence-electron chi connectivity index (χ1n) is 5.57. The number of aromatic nitrogens is 2. The monoisotopic (exact) mass is 284 g/mol. The predicted octanol–water partition coefficient (Wildman–Crippen LogP) is 3.83. The second-order valence-corrected chi connectivity index (χ2v) is 5.23. The summed E-state index contributed by atoms with van der Waals surface area (Å²) < 4.78 is 3.36. The van der Waals surface area contributed by atoms with Gasteiger partial charge in [-0.05, 0) is 23.8 Å². The van der Waals surface area contributed by atoms with Crippen molar-refractivity contribution in [3.8, 4) is 11.4 Å². The Morgan fingerprint density at radius 2 is 2.00 bits per heavy atom. The average molecular weight is 285 g/mol. The minimum Gasteiger partial charge on any atom is -0.319 e. The smallest absolute Gasteiger partial charge is 0.141 e. The lowest BCUT2D eigenvalue weighted by Crippen LogP contribution is -1.91. The molecule has 0 spiro atoms. The van der Waals surface area contributed by atoms with Crippen LogP contribution in [0.1, 0.15) is 5.56 Å². The van der Waals surface area contributed by atoms with Crippen molar-refractivity contribution < 1.29 is 0 Å². The number of fused-ring (bicyclic) bond motifs is 5. The SMILES string of the molecule is Brc1ccc2c(c1)nc1n2Cc2ccccc2-1. The highest BCUT2D eigenvalue weighted by Crippen LogP contribution is 2.34. The number of hydrogen-bond donors (Lipinski definition) is 0. The van der Waals surface area contributed by atoms with E-state index in [-0.39, 0.29) is 0 Å². The Morgan fingerprint density at radius 3 is 2.94 bits per heavy atom.